The van der Waals surface area contributed by atoms with Gasteiger partial charge in [0.05, 0.1) is 5.92 Å². The van der Waals surface area contributed by atoms with E-state index < -0.39 is 24.0 Å². The Labute approximate surface area is 150 Å². The van der Waals surface area contributed by atoms with Gasteiger partial charge in [-0.3, -0.25) is 4.79 Å². The number of hydrogen-bond donors (Lipinski definition) is 0. The van der Waals surface area contributed by atoms with E-state index in [9.17, 15) is 22.8 Å². The Bertz CT molecular complexity index is 664. The Morgan fingerprint density at radius 3 is 2.19 bits per heavy atom. The number of Topliss-reactive ketones (excluding diaryl/α,β-unsaturated/α-hetero) is 1. The van der Waals surface area contributed by atoms with Crippen molar-refractivity contribution in [3.63, 3.8) is 0 Å². The fraction of sp³-hybridized carbons (Fsp3) is 0.556. The van der Waals surface area contributed by atoms with E-state index in [1.54, 1.807) is 20.8 Å². The molecule has 1 amide bonds. The summed E-state index contributed by atoms with van der Waals surface area (Å²) in [5.74, 6) is -0.998. The van der Waals surface area contributed by atoms with Gasteiger partial charge in [-0.2, -0.15) is 0 Å². The first kappa shape index (κ1) is 20.1. The molecule has 1 saturated heterocycles. The zero-order valence-electron chi connectivity index (χ0n) is 15.1. The first-order valence-corrected chi connectivity index (χ1v) is 8.31. The SMILES string of the molecule is CCC1C(C(=O)c2ccc(OC(F)(F)F)cc2)CN1C(=O)OC(C)(C)C. The van der Waals surface area contributed by atoms with Gasteiger partial charge in [-0.15, -0.1) is 13.2 Å². The van der Waals surface area contributed by atoms with Crippen LogP contribution in [0.2, 0.25) is 0 Å². The van der Waals surface area contributed by atoms with Gasteiger partial charge in [0, 0.05) is 18.2 Å². The summed E-state index contributed by atoms with van der Waals surface area (Å²) in [6.07, 6.45) is -4.67. The van der Waals surface area contributed by atoms with Crippen LogP contribution < -0.4 is 4.74 Å². The van der Waals surface area contributed by atoms with Crippen LogP contribution in [0.15, 0.2) is 24.3 Å². The van der Waals surface area contributed by atoms with Gasteiger partial charge in [0.25, 0.3) is 0 Å². The maximum absolute atomic E-state index is 12.6. The summed E-state index contributed by atoms with van der Waals surface area (Å²) in [5, 5.41) is 0. The Hall–Kier alpha value is -2.25. The zero-order chi connectivity index (χ0) is 19.7. The van der Waals surface area contributed by atoms with Crippen LogP contribution in [-0.2, 0) is 4.74 Å². The molecule has 0 aromatic heterocycles. The summed E-state index contributed by atoms with van der Waals surface area (Å²) in [6, 6.07) is 4.51. The van der Waals surface area contributed by atoms with Gasteiger partial charge in [0.15, 0.2) is 5.78 Å². The molecule has 0 bridgehead atoms. The van der Waals surface area contributed by atoms with E-state index in [1.165, 1.54) is 17.0 Å². The van der Waals surface area contributed by atoms with Gasteiger partial charge >= 0.3 is 12.5 Å². The highest BCUT2D eigenvalue weighted by atomic mass is 19.4. The number of carbonyl (C=O) groups excluding carboxylic acids is 2. The van der Waals surface area contributed by atoms with Crippen molar-refractivity contribution >= 4 is 11.9 Å². The number of hydrogen-bond acceptors (Lipinski definition) is 4. The van der Waals surface area contributed by atoms with Gasteiger partial charge in [0.2, 0.25) is 0 Å². The van der Waals surface area contributed by atoms with Gasteiger partial charge in [-0.05, 0) is 51.5 Å². The maximum Gasteiger partial charge on any atom is 0.573 e. The zero-order valence-corrected chi connectivity index (χ0v) is 15.1. The average molecular weight is 373 g/mol. The third-order valence-electron chi connectivity index (χ3n) is 4.01. The predicted molar refractivity (Wildman–Crippen MR) is 88.0 cm³/mol. The fourth-order valence-corrected chi connectivity index (χ4v) is 2.88. The second kappa shape index (κ2) is 7.17. The quantitative estimate of drug-likeness (QED) is 0.734. The summed E-state index contributed by atoms with van der Waals surface area (Å²) >= 11 is 0. The molecule has 144 valence electrons. The lowest BCUT2D eigenvalue weighted by Crippen LogP contribution is -2.61. The maximum atomic E-state index is 12.6. The molecule has 0 spiro atoms. The van der Waals surface area contributed by atoms with Crippen LogP contribution in [0.1, 0.15) is 44.5 Å². The van der Waals surface area contributed by atoms with E-state index in [-0.39, 0.29) is 29.7 Å². The molecule has 1 aliphatic heterocycles. The largest absolute Gasteiger partial charge is 0.573 e. The number of ether oxygens (including phenoxy) is 2. The summed E-state index contributed by atoms with van der Waals surface area (Å²) in [5.41, 5.74) is -0.342. The number of benzene rings is 1. The van der Waals surface area contributed by atoms with Gasteiger partial charge < -0.3 is 14.4 Å². The Kier molecular flexibility index (Phi) is 5.53. The number of alkyl halides is 3. The molecular formula is C18H22F3NO4. The topological polar surface area (TPSA) is 55.8 Å². The molecule has 2 rings (SSSR count). The molecule has 1 aromatic rings. The van der Waals surface area contributed by atoms with Crippen LogP contribution in [0.25, 0.3) is 0 Å². The van der Waals surface area contributed by atoms with E-state index in [2.05, 4.69) is 4.74 Å². The number of nitrogens with zero attached hydrogens (tertiary/aromatic N) is 1. The number of ketones is 1. The summed E-state index contributed by atoms with van der Waals surface area (Å²) in [6.45, 7) is 7.38. The Balaban J connectivity index is 2.03. The highest BCUT2D eigenvalue weighted by Crippen LogP contribution is 2.32. The smallest absolute Gasteiger partial charge is 0.444 e. The minimum Gasteiger partial charge on any atom is -0.444 e. The van der Waals surface area contributed by atoms with Crippen molar-refractivity contribution in [1.82, 2.24) is 4.90 Å². The molecule has 0 radical (unpaired) electrons. The molecule has 2 unspecified atom stereocenters. The van der Waals surface area contributed by atoms with Crippen LogP contribution >= 0.6 is 0 Å². The van der Waals surface area contributed by atoms with E-state index in [0.717, 1.165) is 12.1 Å². The van der Waals surface area contributed by atoms with E-state index >= 15 is 0 Å². The van der Waals surface area contributed by atoms with Crippen LogP contribution in [-0.4, -0.2) is 41.3 Å². The third-order valence-corrected chi connectivity index (χ3v) is 4.01. The third kappa shape index (κ3) is 4.89. The number of amides is 1. The molecule has 1 fully saturated rings. The van der Waals surface area contributed by atoms with Crippen LogP contribution in [0.3, 0.4) is 0 Å². The van der Waals surface area contributed by atoms with E-state index in [4.69, 9.17) is 4.74 Å². The second-order valence-corrected chi connectivity index (χ2v) is 7.15. The summed E-state index contributed by atoms with van der Waals surface area (Å²) < 4.78 is 45.7. The molecule has 8 heteroatoms. The lowest BCUT2D eigenvalue weighted by molar-refractivity contribution is -0.274. The minimum absolute atomic E-state index is 0.213. The van der Waals surface area contributed by atoms with Crippen molar-refractivity contribution in [3.8, 4) is 5.75 Å². The lowest BCUT2D eigenvalue weighted by Gasteiger charge is -2.46. The summed E-state index contributed by atoms with van der Waals surface area (Å²) in [4.78, 5) is 26.3. The van der Waals surface area contributed by atoms with Crippen LogP contribution in [0.4, 0.5) is 18.0 Å². The van der Waals surface area contributed by atoms with E-state index in [0.29, 0.717) is 6.42 Å². The molecule has 0 N–H and O–H groups in total. The molecule has 0 saturated carbocycles. The van der Waals surface area contributed by atoms with Crippen molar-refractivity contribution in [2.45, 2.75) is 52.1 Å². The van der Waals surface area contributed by atoms with Gasteiger partial charge in [0.1, 0.15) is 11.4 Å². The van der Waals surface area contributed by atoms with Crippen molar-refractivity contribution in [2.24, 2.45) is 5.92 Å². The molecule has 2 atom stereocenters. The molecule has 1 heterocycles. The number of likely N-dealkylation sites (tertiary alicyclic amines) is 1. The first-order chi connectivity index (χ1) is 11.9. The number of rotatable bonds is 4. The molecule has 5 nitrogen and oxygen atoms in total. The Morgan fingerprint density at radius 1 is 1.15 bits per heavy atom. The van der Waals surface area contributed by atoms with Crippen molar-refractivity contribution in [3.05, 3.63) is 29.8 Å². The normalized spacial score (nSPS) is 20.3. The van der Waals surface area contributed by atoms with Crippen LogP contribution in [0, 0.1) is 5.92 Å². The standard InChI is InChI=1S/C18H22F3NO4/c1-5-14-13(10-22(14)16(24)26-17(2,3)4)15(23)11-6-8-12(9-7-11)25-18(19,20)21/h6-9,13-14H,5,10H2,1-4H3. The lowest BCUT2D eigenvalue weighted by atomic mass is 9.81. The molecule has 26 heavy (non-hydrogen) atoms. The highest BCUT2D eigenvalue weighted by Gasteiger charge is 2.46. The predicted octanol–water partition coefficient (Wildman–Crippen LogP) is 4.41. The number of halogens is 3. The average Bonchev–Trinajstić information content (AvgIpc) is 2.43. The van der Waals surface area contributed by atoms with Crippen LogP contribution in [0.5, 0.6) is 5.75 Å². The monoisotopic (exact) mass is 373 g/mol. The van der Waals surface area contributed by atoms with Gasteiger partial charge in [-0.25, -0.2) is 4.79 Å². The molecule has 1 aromatic carbocycles. The minimum atomic E-state index is -4.78. The molecule has 1 aliphatic rings. The molecule has 0 aliphatic carbocycles. The fourth-order valence-electron chi connectivity index (χ4n) is 2.88. The van der Waals surface area contributed by atoms with Crippen molar-refractivity contribution in [1.29, 1.82) is 0 Å². The highest BCUT2D eigenvalue weighted by molar-refractivity contribution is 5.99. The first-order valence-electron chi connectivity index (χ1n) is 8.31. The Morgan fingerprint density at radius 2 is 1.73 bits per heavy atom. The van der Waals surface area contributed by atoms with Gasteiger partial charge in [-0.1, -0.05) is 6.92 Å². The summed E-state index contributed by atoms with van der Waals surface area (Å²) in [7, 11) is 0. The second-order valence-electron chi connectivity index (χ2n) is 7.15. The van der Waals surface area contributed by atoms with Crippen molar-refractivity contribution in [2.75, 3.05) is 6.54 Å². The van der Waals surface area contributed by atoms with E-state index in [1.807, 2.05) is 6.92 Å². The number of carbonyl (C=O) groups is 2. The van der Waals surface area contributed by atoms with Crippen molar-refractivity contribution < 1.29 is 32.2 Å². The molecular weight excluding hydrogens is 351 g/mol.